The van der Waals surface area contributed by atoms with Crippen molar-refractivity contribution in [3.8, 4) is 5.75 Å². The first kappa shape index (κ1) is 18.7. The molecule has 3 heterocycles. The van der Waals surface area contributed by atoms with Gasteiger partial charge in [0.1, 0.15) is 11.5 Å². The van der Waals surface area contributed by atoms with Crippen molar-refractivity contribution in [2.45, 2.75) is 25.7 Å². The predicted molar refractivity (Wildman–Crippen MR) is 104 cm³/mol. The molecule has 1 aromatic heterocycles. The maximum absolute atomic E-state index is 13.7. The number of anilines is 1. The number of piperidine rings is 1. The lowest BCUT2D eigenvalue weighted by molar-refractivity contribution is 0.0786. The Labute approximate surface area is 164 Å². The number of ether oxygens (including phenoxy) is 1. The van der Waals surface area contributed by atoms with E-state index in [1.807, 2.05) is 4.90 Å². The van der Waals surface area contributed by atoms with Gasteiger partial charge in [-0.25, -0.2) is 9.37 Å². The Bertz CT molecular complexity index is 826. The number of para-hydroxylation sites is 1. The predicted octanol–water partition coefficient (Wildman–Crippen LogP) is 3.15. The molecule has 0 saturated carbocycles. The molecule has 0 N–H and O–H groups in total. The Morgan fingerprint density at radius 1 is 1.14 bits per heavy atom. The normalized spacial score (nSPS) is 19.7. The molecule has 7 heteroatoms. The number of carbonyl (C=O) groups is 1. The second kappa shape index (κ2) is 8.54. The summed E-state index contributed by atoms with van der Waals surface area (Å²) >= 11 is 0. The van der Waals surface area contributed by atoms with Gasteiger partial charge in [-0.1, -0.05) is 12.1 Å². The molecule has 1 atom stereocenters. The third-order valence-electron chi connectivity index (χ3n) is 5.39. The van der Waals surface area contributed by atoms with Crippen molar-refractivity contribution in [3.63, 3.8) is 0 Å². The standard InChI is InChI=1S/C21H25FN4O2/c22-17-7-1-2-8-19(17)28-15-16-6-5-11-26(14-16)20-13-23-12-18(24-20)21(27)25-9-3-4-10-25/h1-2,7-8,12-13,16H,3-6,9-11,14-15H2. The van der Waals surface area contributed by atoms with Gasteiger partial charge < -0.3 is 14.5 Å². The summed E-state index contributed by atoms with van der Waals surface area (Å²) in [7, 11) is 0. The summed E-state index contributed by atoms with van der Waals surface area (Å²) in [5.41, 5.74) is 0.407. The van der Waals surface area contributed by atoms with Crippen molar-refractivity contribution in [1.82, 2.24) is 14.9 Å². The zero-order chi connectivity index (χ0) is 19.3. The number of hydrogen-bond acceptors (Lipinski definition) is 5. The first-order valence-corrected chi connectivity index (χ1v) is 9.94. The van der Waals surface area contributed by atoms with Gasteiger partial charge in [0.15, 0.2) is 11.6 Å². The molecule has 2 saturated heterocycles. The molecule has 28 heavy (non-hydrogen) atoms. The number of carbonyl (C=O) groups excluding carboxylic acids is 1. The monoisotopic (exact) mass is 384 g/mol. The molecule has 148 valence electrons. The lowest BCUT2D eigenvalue weighted by Crippen LogP contribution is -2.38. The lowest BCUT2D eigenvalue weighted by Gasteiger charge is -2.33. The molecule has 1 unspecified atom stereocenters. The second-order valence-corrected chi connectivity index (χ2v) is 7.46. The Kier molecular flexibility index (Phi) is 5.69. The third kappa shape index (κ3) is 4.24. The van der Waals surface area contributed by atoms with E-state index in [9.17, 15) is 9.18 Å². The minimum atomic E-state index is -0.339. The van der Waals surface area contributed by atoms with Gasteiger partial charge in [0.25, 0.3) is 5.91 Å². The molecule has 2 aliphatic rings. The largest absolute Gasteiger partial charge is 0.490 e. The van der Waals surface area contributed by atoms with E-state index in [0.29, 0.717) is 12.3 Å². The number of nitrogens with zero attached hydrogens (tertiary/aromatic N) is 4. The maximum Gasteiger partial charge on any atom is 0.274 e. The van der Waals surface area contributed by atoms with Crippen LogP contribution in [0.4, 0.5) is 10.2 Å². The fourth-order valence-electron chi connectivity index (χ4n) is 3.87. The van der Waals surface area contributed by atoms with Crippen molar-refractivity contribution in [3.05, 3.63) is 48.2 Å². The van der Waals surface area contributed by atoms with Crippen LogP contribution in [-0.4, -0.2) is 53.6 Å². The van der Waals surface area contributed by atoms with Crippen LogP contribution in [0.2, 0.25) is 0 Å². The quantitative estimate of drug-likeness (QED) is 0.793. The lowest BCUT2D eigenvalue weighted by atomic mass is 9.99. The van der Waals surface area contributed by atoms with Gasteiger partial charge in [-0.15, -0.1) is 0 Å². The fraction of sp³-hybridized carbons (Fsp3) is 0.476. The van der Waals surface area contributed by atoms with Crippen molar-refractivity contribution < 1.29 is 13.9 Å². The van der Waals surface area contributed by atoms with Gasteiger partial charge in [0.05, 0.1) is 19.0 Å². The minimum Gasteiger partial charge on any atom is -0.490 e. The van der Waals surface area contributed by atoms with Gasteiger partial charge in [0, 0.05) is 32.1 Å². The SMILES string of the molecule is O=C(c1cncc(N2CCCC(COc3ccccc3F)C2)n1)N1CCCC1. The molecule has 1 amide bonds. The first-order valence-electron chi connectivity index (χ1n) is 9.94. The third-order valence-corrected chi connectivity index (χ3v) is 5.39. The van der Waals surface area contributed by atoms with E-state index >= 15 is 0 Å². The number of rotatable bonds is 5. The van der Waals surface area contributed by atoms with Crippen molar-refractivity contribution >= 4 is 11.7 Å². The molecule has 4 rings (SSSR count). The number of halogens is 1. The van der Waals surface area contributed by atoms with Crippen molar-refractivity contribution in [1.29, 1.82) is 0 Å². The van der Waals surface area contributed by atoms with E-state index in [1.54, 1.807) is 30.6 Å². The van der Waals surface area contributed by atoms with Crippen LogP contribution in [0.3, 0.4) is 0 Å². The Morgan fingerprint density at radius 2 is 1.96 bits per heavy atom. The summed E-state index contributed by atoms with van der Waals surface area (Å²) in [6.07, 6.45) is 7.37. The summed E-state index contributed by atoms with van der Waals surface area (Å²) in [5.74, 6) is 0.906. The van der Waals surface area contributed by atoms with Gasteiger partial charge in [-0.05, 0) is 37.8 Å². The molecular formula is C21H25FN4O2. The number of amides is 1. The second-order valence-electron chi connectivity index (χ2n) is 7.46. The van der Waals surface area contributed by atoms with Gasteiger partial charge in [-0.2, -0.15) is 0 Å². The summed E-state index contributed by atoms with van der Waals surface area (Å²) in [4.78, 5) is 25.4. The van der Waals surface area contributed by atoms with Crippen LogP contribution in [0, 0.1) is 11.7 Å². The molecule has 0 bridgehead atoms. The number of benzene rings is 1. The molecule has 2 aromatic rings. The van der Waals surface area contributed by atoms with Crippen molar-refractivity contribution in [2.24, 2.45) is 5.92 Å². The highest BCUT2D eigenvalue weighted by Crippen LogP contribution is 2.24. The van der Waals surface area contributed by atoms with E-state index in [4.69, 9.17) is 4.74 Å². The highest BCUT2D eigenvalue weighted by Gasteiger charge is 2.25. The van der Waals surface area contributed by atoms with Crippen LogP contribution in [0.25, 0.3) is 0 Å². The topological polar surface area (TPSA) is 58.6 Å². The summed E-state index contributed by atoms with van der Waals surface area (Å²) in [6.45, 7) is 3.67. The molecule has 2 aliphatic heterocycles. The zero-order valence-electron chi connectivity index (χ0n) is 15.9. The van der Waals surface area contributed by atoms with E-state index in [-0.39, 0.29) is 23.4 Å². The van der Waals surface area contributed by atoms with Crippen LogP contribution < -0.4 is 9.64 Å². The molecule has 6 nitrogen and oxygen atoms in total. The highest BCUT2D eigenvalue weighted by atomic mass is 19.1. The average molecular weight is 384 g/mol. The van der Waals surface area contributed by atoms with E-state index < -0.39 is 0 Å². The Morgan fingerprint density at radius 3 is 2.79 bits per heavy atom. The van der Waals surface area contributed by atoms with Crippen LogP contribution in [0.15, 0.2) is 36.7 Å². The summed E-state index contributed by atoms with van der Waals surface area (Å²) in [6, 6.07) is 6.47. The molecule has 2 fully saturated rings. The van der Waals surface area contributed by atoms with Gasteiger partial charge >= 0.3 is 0 Å². The number of likely N-dealkylation sites (tertiary alicyclic amines) is 1. The van der Waals surface area contributed by atoms with Crippen LogP contribution in [0.1, 0.15) is 36.2 Å². The molecule has 1 aromatic carbocycles. The van der Waals surface area contributed by atoms with E-state index in [0.717, 1.165) is 57.7 Å². The van der Waals surface area contributed by atoms with Crippen LogP contribution >= 0.6 is 0 Å². The molecule has 0 aliphatic carbocycles. The fourth-order valence-corrected chi connectivity index (χ4v) is 3.87. The first-order chi connectivity index (χ1) is 13.7. The number of hydrogen-bond donors (Lipinski definition) is 0. The molecular weight excluding hydrogens is 359 g/mol. The molecule has 0 spiro atoms. The summed E-state index contributed by atoms with van der Waals surface area (Å²) in [5, 5.41) is 0. The van der Waals surface area contributed by atoms with Gasteiger partial charge in [-0.3, -0.25) is 9.78 Å². The minimum absolute atomic E-state index is 0.0386. The average Bonchev–Trinajstić information content (AvgIpc) is 3.28. The van der Waals surface area contributed by atoms with E-state index in [2.05, 4.69) is 14.9 Å². The van der Waals surface area contributed by atoms with Gasteiger partial charge in [0.2, 0.25) is 0 Å². The van der Waals surface area contributed by atoms with Crippen LogP contribution in [0.5, 0.6) is 5.75 Å². The zero-order valence-corrected chi connectivity index (χ0v) is 15.9. The summed E-state index contributed by atoms with van der Waals surface area (Å²) < 4.78 is 19.4. The Hall–Kier alpha value is -2.70. The Balaban J connectivity index is 1.39. The molecule has 0 radical (unpaired) electrons. The van der Waals surface area contributed by atoms with Crippen molar-refractivity contribution in [2.75, 3.05) is 37.7 Å². The highest BCUT2D eigenvalue weighted by molar-refractivity contribution is 5.92. The number of aromatic nitrogens is 2. The smallest absolute Gasteiger partial charge is 0.274 e. The maximum atomic E-state index is 13.7. The van der Waals surface area contributed by atoms with Crippen LogP contribution in [-0.2, 0) is 0 Å². The van der Waals surface area contributed by atoms with E-state index in [1.165, 1.54) is 6.07 Å².